The minimum atomic E-state index is -0.619. The second kappa shape index (κ2) is 9.39. The third kappa shape index (κ3) is 4.71. The van der Waals surface area contributed by atoms with Crippen LogP contribution in [0.1, 0.15) is 0 Å². The molecule has 0 saturated heterocycles. The molecule has 1 heterocycles. The molecule has 0 saturated carbocycles. The van der Waals surface area contributed by atoms with E-state index in [1.807, 2.05) is 0 Å². The monoisotopic (exact) mass is 484 g/mol. The molecule has 4 rings (SSSR count). The third-order valence-corrected chi connectivity index (χ3v) is 5.87. The molecule has 0 spiro atoms. The number of fused-ring (bicyclic) bond motifs is 1. The average Bonchev–Trinajstić information content (AvgIpc) is 2.80. The number of hydrogen-bond acceptors (Lipinski definition) is 6. The van der Waals surface area contributed by atoms with E-state index in [0.29, 0.717) is 10.9 Å². The molecule has 0 radical (unpaired) electrons. The van der Waals surface area contributed by atoms with Crippen molar-refractivity contribution in [3.8, 4) is 5.69 Å². The van der Waals surface area contributed by atoms with Crippen LogP contribution in [0.4, 0.5) is 15.8 Å². The number of anilines is 1. The number of thioether (sulfide) groups is 1. The van der Waals surface area contributed by atoms with E-state index in [2.05, 4.69) is 10.3 Å². The van der Waals surface area contributed by atoms with Crippen molar-refractivity contribution in [1.82, 2.24) is 9.55 Å². The zero-order valence-corrected chi connectivity index (χ0v) is 18.3. The van der Waals surface area contributed by atoms with Gasteiger partial charge < -0.3 is 5.32 Å². The van der Waals surface area contributed by atoms with Crippen molar-refractivity contribution >= 4 is 51.5 Å². The molecule has 0 atom stereocenters. The first-order chi connectivity index (χ1) is 15.8. The number of nitro benzene ring substituents is 1. The number of nitrogens with zero attached hydrogens (tertiary/aromatic N) is 3. The molecule has 0 fully saturated rings. The second-order valence-corrected chi connectivity index (χ2v) is 8.11. The van der Waals surface area contributed by atoms with Crippen LogP contribution in [0.2, 0.25) is 5.02 Å². The molecule has 11 heteroatoms. The van der Waals surface area contributed by atoms with Gasteiger partial charge in [-0.3, -0.25) is 24.3 Å². The number of nitrogens with one attached hydrogen (secondary N) is 1. The number of non-ortho nitro benzene ring substituents is 1. The molecular weight excluding hydrogens is 471 g/mol. The number of amides is 1. The van der Waals surface area contributed by atoms with Crippen LogP contribution in [0.3, 0.4) is 0 Å². The molecule has 3 aromatic carbocycles. The number of nitro groups is 1. The standard InChI is InChI=1S/C22H14ClFN4O4S/c23-15-10-9-13(28(31)32)11-18(15)25-20(29)12-33-22-26-17-7-3-1-5-14(17)21(30)27(22)19-8-4-2-6-16(19)24/h1-11H,12H2,(H,25,29). The molecule has 0 aliphatic carbocycles. The van der Waals surface area contributed by atoms with Crippen LogP contribution in [0.5, 0.6) is 0 Å². The van der Waals surface area contributed by atoms with Crippen LogP contribution < -0.4 is 10.9 Å². The van der Waals surface area contributed by atoms with E-state index in [9.17, 15) is 24.1 Å². The highest BCUT2D eigenvalue weighted by Crippen LogP contribution is 2.28. The van der Waals surface area contributed by atoms with E-state index in [-0.39, 0.29) is 33.0 Å². The Labute approximate surface area is 195 Å². The molecule has 33 heavy (non-hydrogen) atoms. The van der Waals surface area contributed by atoms with Gasteiger partial charge in [0.15, 0.2) is 5.16 Å². The predicted octanol–water partition coefficient (Wildman–Crippen LogP) is 4.82. The summed E-state index contributed by atoms with van der Waals surface area (Å²) < 4.78 is 15.6. The molecule has 0 aliphatic rings. The molecule has 0 aliphatic heterocycles. The van der Waals surface area contributed by atoms with E-state index in [0.717, 1.165) is 22.4 Å². The molecule has 1 aromatic heterocycles. The summed E-state index contributed by atoms with van der Waals surface area (Å²) in [5.74, 6) is -1.37. The number of carbonyl (C=O) groups is 1. The van der Waals surface area contributed by atoms with Gasteiger partial charge >= 0.3 is 0 Å². The van der Waals surface area contributed by atoms with Crippen LogP contribution in [-0.2, 0) is 4.79 Å². The maximum Gasteiger partial charge on any atom is 0.271 e. The number of hydrogen-bond donors (Lipinski definition) is 1. The average molecular weight is 485 g/mol. The highest BCUT2D eigenvalue weighted by Gasteiger charge is 2.18. The van der Waals surface area contributed by atoms with Crippen molar-refractivity contribution in [3.05, 3.63) is 98.0 Å². The van der Waals surface area contributed by atoms with E-state index in [1.54, 1.807) is 30.3 Å². The molecular formula is C22H14ClFN4O4S. The molecule has 1 N–H and O–H groups in total. The molecule has 0 bridgehead atoms. The topological polar surface area (TPSA) is 107 Å². The van der Waals surface area contributed by atoms with Gasteiger partial charge in [0, 0.05) is 12.1 Å². The lowest BCUT2D eigenvalue weighted by Gasteiger charge is -2.14. The van der Waals surface area contributed by atoms with E-state index in [4.69, 9.17) is 11.6 Å². The molecule has 1 amide bonds. The molecule has 0 unspecified atom stereocenters. The highest BCUT2D eigenvalue weighted by molar-refractivity contribution is 7.99. The van der Waals surface area contributed by atoms with Crippen LogP contribution in [0.15, 0.2) is 76.7 Å². The van der Waals surface area contributed by atoms with Crippen molar-refractivity contribution < 1.29 is 14.1 Å². The summed E-state index contributed by atoms with van der Waals surface area (Å²) in [6, 6.07) is 16.1. The minimum Gasteiger partial charge on any atom is -0.324 e. The smallest absolute Gasteiger partial charge is 0.271 e. The predicted molar refractivity (Wildman–Crippen MR) is 125 cm³/mol. The van der Waals surface area contributed by atoms with Gasteiger partial charge in [-0.05, 0) is 30.3 Å². The molecule has 166 valence electrons. The Bertz CT molecular complexity index is 1460. The van der Waals surface area contributed by atoms with Crippen molar-refractivity contribution in [1.29, 1.82) is 0 Å². The van der Waals surface area contributed by atoms with Crippen molar-refractivity contribution in [2.24, 2.45) is 0 Å². The van der Waals surface area contributed by atoms with Crippen LogP contribution in [0, 0.1) is 15.9 Å². The summed E-state index contributed by atoms with van der Waals surface area (Å²) in [5.41, 5.74) is -0.221. The Balaban J connectivity index is 1.66. The number of halogens is 2. The van der Waals surface area contributed by atoms with Crippen molar-refractivity contribution in [2.75, 3.05) is 11.1 Å². The Kier molecular flexibility index (Phi) is 6.38. The first-order valence-electron chi connectivity index (χ1n) is 9.48. The minimum absolute atomic E-state index is 0.00499. The Morgan fingerprint density at radius 2 is 1.88 bits per heavy atom. The van der Waals surface area contributed by atoms with Gasteiger partial charge in [0.25, 0.3) is 11.2 Å². The summed E-state index contributed by atoms with van der Waals surface area (Å²) in [6.45, 7) is 0. The quantitative estimate of drug-likeness (QED) is 0.182. The number of para-hydroxylation sites is 2. The fourth-order valence-electron chi connectivity index (χ4n) is 3.09. The van der Waals surface area contributed by atoms with Gasteiger partial charge in [-0.25, -0.2) is 9.37 Å². The van der Waals surface area contributed by atoms with Crippen LogP contribution in [0.25, 0.3) is 16.6 Å². The fraction of sp³-hybridized carbons (Fsp3) is 0.0455. The van der Waals surface area contributed by atoms with E-state index in [1.165, 1.54) is 30.3 Å². The third-order valence-electron chi connectivity index (χ3n) is 4.61. The van der Waals surface area contributed by atoms with Gasteiger partial charge in [-0.1, -0.05) is 47.6 Å². The zero-order chi connectivity index (χ0) is 23.5. The van der Waals surface area contributed by atoms with Crippen LogP contribution >= 0.6 is 23.4 Å². The van der Waals surface area contributed by atoms with Gasteiger partial charge in [0.05, 0.1) is 38.0 Å². The lowest BCUT2D eigenvalue weighted by atomic mass is 10.2. The first kappa shape index (κ1) is 22.4. The maximum atomic E-state index is 14.5. The van der Waals surface area contributed by atoms with Crippen LogP contribution in [-0.4, -0.2) is 26.1 Å². The second-order valence-electron chi connectivity index (χ2n) is 6.76. The van der Waals surface area contributed by atoms with Crippen molar-refractivity contribution in [2.45, 2.75) is 5.16 Å². The largest absolute Gasteiger partial charge is 0.324 e. The zero-order valence-electron chi connectivity index (χ0n) is 16.7. The lowest BCUT2D eigenvalue weighted by Crippen LogP contribution is -2.23. The Morgan fingerprint density at radius 3 is 2.64 bits per heavy atom. The Morgan fingerprint density at radius 1 is 1.15 bits per heavy atom. The number of benzene rings is 3. The summed E-state index contributed by atoms with van der Waals surface area (Å²) in [4.78, 5) is 40.5. The SMILES string of the molecule is O=C(CSc1nc2ccccc2c(=O)n1-c1ccccc1F)Nc1cc([N+](=O)[O-])ccc1Cl. The molecule has 4 aromatic rings. The van der Waals surface area contributed by atoms with E-state index >= 15 is 0 Å². The normalized spacial score (nSPS) is 10.8. The maximum absolute atomic E-state index is 14.5. The number of rotatable bonds is 6. The summed E-state index contributed by atoms with van der Waals surface area (Å²) in [6.07, 6.45) is 0. The van der Waals surface area contributed by atoms with Crippen molar-refractivity contribution in [3.63, 3.8) is 0 Å². The van der Waals surface area contributed by atoms with E-state index < -0.39 is 22.2 Å². The highest BCUT2D eigenvalue weighted by atomic mass is 35.5. The summed E-state index contributed by atoms with van der Waals surface area (Å²) >= 11 is 6.95. The van der Waals surface area contributed by atoms with Gasteiger partial charge in [0.1, 0.15) is 5.82 Å². The summed E-state index contributed by atoms with van der Waals surface area (Å²) in [5, 5.41) is 14.0. The van der Waals surface area contributed by atoms with Gasteiger partial charge in [-0.2, -0.15) is 0 Å². The Hall–Kier alpha value is -3.76. The van der Waals surface area contributed by atoms with Gasteiger partial charge in [0.2, 0.25) is 5.91 Å². The number of aromatic nitrogens is 2. The first-order valence-corrected chi connectivity index (χ1v) is 10.8. The molecule has 8 nitrogen and oxygen atoms in total. The summed E-state index contributed by atoms with van der Waals surface area (Å²) in [7, 11) is 0. The number of carbonyl (C=O) groups excluding carboxylic acids is 1. The van der Waals surface area contributed by atoms with Gasteiger partial charge in [-0.15, -0.1) is 0 Å². The fourth-order valence-corrected chi connectivity index (χ4v) is 4.06. The lowest BCUT2D eigenvalue weighted by molar-refractivity contribution is -0.384.